The number of aromatic nitrogens is 4. The van der Waals surface area contributed by atoms with E-state index < -0.39 is 0 Å². The minimum atomic E-state index is 0.403. The fourth-order valence-electron chi connectivity index (χ4n) is 4.53. The zero-order valence-electron chi connectivity index (χ0n) is 15.7. The Labute approximate surface area is 159 Å². The van der Waals surface area contributed by atoms with Crippen LogP contribution in [-0.4, -0.2) is 33.0 Å². The number of aryl methyl sites for hydroxylation is 1. The second-order valence-electron chi connectivity index (χ2n) is 7.72. The number of imidazole rings is 1. The molecule has 5 heteroatoms. The van der Waals surface area contributed by atoms with Crippen molar-refractivity contribution in [2.75, 3.05) is 13.2 Å². The van der Waals surface area contributed by atoms with Crippen molar-refractivity contribution in [2.45, 2.75) is 51.0 Å². The third-order valence-corrected chi connectivity index (χ3v) is 5.95. The molecule has 1 fully saturated rings. The molecular formula is C22H26N4O. The summed E-state index contributed by atoms with van der Waals surface area (Å²) < 4.78 is 8.01. The van der Waals surface area contributed by atoms with Crippen LogP contribution in [0.1, 0.15) is 54.2 Å². The van der Waals surface area contributed by atoms with E-state index in [0.29, 0.717) is 5.92 Å². The van der Waals surface area contributed by atoms with Crippen molar-refractivity contribution >= 4 is 0 Å². The lowest BCUT2D eigenvalue weighted by molar-refractivity contribution is 0.193. The van der Waals surface area contributed by atoms with Gasteiger partial charge in [0.1, 0.15) is 0 Å². The van der Waals surface area contributed by atoms with Crippen molar-refractivity contribution in [1.82, 2.24) is 19.7 Å². The van der Waals surface area contributed by atoms with Crippen molar-refractivity contribution in [3.05, 3.63) is 59.3 Å². The summed E-state index contributed by atoms with van der Waals surface area (Å²) in [4.78, 5) is 4.81. The van der Waals surface area contributed by atoms with Crippen LogP contribution in [0.3, 0.4) is 0 Å². The topological polar surface area (TPSA) is 55.7 Å². The minimum absolute atomic E-state index is 0.403. The van der Waals surface area contributed by atoms with Gasteiger partial charge in [0.25, 0.3) is 0 Å². The molecule has 5 nitrogen and oxygen atoms in total. The molecule has 1 aliphatic heterocycles. The zero-order chi connectivity index (χ0) is 18.1. The number of hydrogen-bond donors (Lipinski definition) is 1. The third-order valence-electron chi connectivity index (χ3n) is 5.95. The quantitative estimate of drug-likeness (QED) is 0.711. The second-order valence-corrected chi connectivity index (χ2v) is 7.72. The molecular weight excluding hydrogens is 336 g/mol. The number of ether oxygens (including phenoxy) is 1. The van der Waals surface area contributed by atoms with Crippen molar-refractivity contribution in [1.29, 1.82) is 0 Å². The van der Waals surface area contributed by atoms with Gasteiger partial charge in [-0.3, -0.25) is 5.10 Å². The number of rotatable bonds is 4. The molecule has 0 amide bonds. The van der Waals surface area contributed by atoms with Gasteiger partial charge in [-0.2, -0.15) is 5.10 Å². The summed E-state index contributed by atoms with van der Waals surface area (Å²) in [5, 5.41) is 7.99. The minimum Gasteiger partial charge on any atom is -0.381 e. The van der Waals surface area contributed by atoms with Crippen molar-refractivity contribution in [3.8, 4) is 11.3 Å². The lowest BCUT2D eigenvalue weighted by Gasteiger charge is -2.15. The van der Waals surface area contributed by atoms with Gasteiger partial charge in [-0.15, -0.1) is 0 Å². The summed E-state index contributed by atoms with van der Waals surface area (Å²) in [5.74, 6) is 0.403. The lowest BCUT2D eigenvalue weighted by atomic mass is 9.99. The summed E-state index contributed by atoms with van der Waals surface area (Å²) in [5.41, 5.74) is 7.53. The van der Waals surface area contributed by atoms with E-state index in [4.69, 9.17) is 9.72 Å². The van der Waals surface area contributed by atoms with E-state index in [1.807, 2.05) is 6.33 Å². The van der Waals surface area contributed by atoms with Gasteiger partial charge in [0.15, 0.2) is 0 Å². The van der Waals surface area contributed by atoms with Crippen LogP contribution in [0.5, 0.6) is 0 Å². The number of nitrogens with one attached hydrogen (secondary N) is 1. The van der Waals surface area contributed by atoms with E-state index in [2.05, 4.69) is 45.1 Å². The lowest BCUT2D eigenvalue weighted by Crippen LogP contribution is -2.11. The molecule has 140 valence electrons. The number of H-pyrrole nitrogens is 1. The van der Waals surface area contributed by atoms with Crippen molar-refractivity contribution in [3.63, 3.8) is 0 Å². The normalized spacial score (nSPS) is 19.8. The van der Waals surface area contributed by atoms with Crippen LogP contribution >= 0.6 is 0 Å². The predicted octanol–water partition coefficient (Wildman–Crippen LogP) is 4.09. The molecule has 1 aromatic carbocycles. The summed E-state index contributed by atoms with van der Waals surface area (Å²) in [6.07, 6.45) is 9.17. The summed E-state index contributed by atoms with van der Waals surface area (Å²) in [6.45, 7) is 2.41. The highest BCUT2D eigenvalue weighted by Crippen LogP contribution is 2.34. The first-order valence-electron chi connectivity index (χ1n) is 10.1. The van der Waals surface area contributed by atoms with E-state index in [1.165, 1.54) is 47.5 Å². The molecule has 3 heterocycles. The fourth-order valence-corrected chi connectivity index (χ4v) is 4.53. The molecule has 1 saturated heterocycles. The van der Waals surface area contributed by atoms with Crippen LogP contribution in [0.15, 0.2) is 36.7 Å². The molecule has 5 rings (SSSR count). The van der Waals surface area contributed by atoms with Gasteiger partial charge in [-0.05, 0) is 37.7 Å². The molecule has 2 aliphatic rings. The first-order chi connectivity index (χ1) is 13.4. The molecule has 0 bridgehead atoms. The Balaban J connectivity index is 1.53. The maximum Gasteiger partial charge on any atom is 0.0959 e. The van der Waals surface area contributed by atoms with Crippen LogP contribution in [0, 0.1) is 0 Å². The maximum absolute atomic E-state index is 5.71. The molecule has 2 aromatic heterocycles. The van der Waals surface area contributed by atoms with Crippen LogP contribution in [-0.2, 0) is 24.1 Å². The van der Waals surface area contributed by atoms with Crippen LogP contribution in [0.2, 0.25) is 0 Å². The predicted molar refractivity (Wildman–Crippen MR) is 105 cm³/mol. The number of hydrogen-bond acceptors (Lipinski definition) is 3. The Hall–Kier alpha value is -2.40. The smallest absolute Gasteiger partial charge is 0.0959 e. The van der Waals surface area contributed by atoms with E-state index in [0.717, 1.165) is 44.7 Å². The van der Waals surface area contributed by atoms with E-state index in [-0.39, 0.29) is 0 Å². The van der Waals surface area contributed by atoms with Gasteiger partial charge in [-0.1, -0.05) is 36.8 Å². The summed E-state index contributed by atoms with van der Waals surface area (Å²) in [6, 6.07) is 10.5. The highest BCUT2D eigenvalue weighted by Gasteiger charge is 2.27. The summed E-state index contributed by atoms with van der Waals surface area (Å²) in [7, 11) is 0. The molecule has 0 radical (unpaired) electrons. The van der Waals surface area contributed by atoms with Gasteiger partial charge < -0.3 is 9.30 Å². The highest BCUT2D eigenvalue weighted by molar-refractivity contribution is 5.62. The van der Waals surface area contributed by atoms with Crippen molar-refractivity contribution in [2.24, 2.45) is 0 Å². The van der Waals surface area contributed by atoms with E-state index in [9.17, 15) is 0 Å². The number of fused-ring (bicyclic) bond motifs is 1. The molecule has 27 heavy (non-hydrogen) atoms. The average molecular weight is 362 g/mol. The highest BCUT2D eigenvalue weighted by atomic mass is 16.5. The van der Waals surface area contributed by atoms with Gasteiger partial charge in [0, 0.05) is 23.8 Å². The second kappa shape index (κ2) is 7.31. The van der Waals surface area contributed by atoms with Crippen molar-refractivity contribution < 1.29 is 4.74 Å². The third kappa shape index (κ3) is 3.21. The molecule has 1 unspecified atom stereocenters. The van der Waals surface area contributed by atoms with Gasteiger partial charge >= 0.3 is 0 Å². The van der Waals surface area contributed by atoms with Gasteiger partial charge in [0.05, 0.1) is 36.6 Å². The number of aromatic amines is 1. The zero-order valence-corrected chi connectivity index (χ0v) is 15.7. The van der Waals surface area contributed by atoms with E-state index >= 15 is 0 Å². The van der Waals surface area contributed by atoms with Crippen LogP contribution in [0.4, 0.5) is 0 Å². The Bertz CT molecular complexity index is 906. The Morgan fingerprint density at radius 1 is 1.11 bits per heavy atom. The first kappa shape index (κ1) is 16.8. The molecule has 1 N–H and O–H groups in total. The molecule has 1 aliphatic carbocycles. The number of nitrogens with zero attached hydrogens (tertiary/aromatic N) is 3. The van der Waals surface area contributed by atoms with E-state index in [1.54, 1.807) is 0 Å². The van der Waals surface area contributed by atoms with Crippen LogP contribution < -0.4 is 0 Å². The number of benzene rings is 1. The van der Waals surface area contributed by atoms with Crippen LogP contribution in [0.25, 0.3) is 11.3 Å². The van der Waals surface area contributed by atoms with Gasteiger partial charge in [-0.25, -0.2) is 4.98 Å². The molecule has 1 atom stereocenters. The molecule has 0 saturated carbocycles. The SMILES string of the molecule is c1ccc(-c2ncn(Cc3n[nH]c4c3CCCCC4)c2C2CCOC2)cc1. The Kier molecular flexibility index (Phi) is 4.54. The Morgan fingerprint density at radius 3 is 2.85 bits per heavy atom. The van der Waals surface area contributed by atoms with Gasteiger partial charge in [0.2, 0.25) is 0 Å². The standard InChI is InChI=1S/C22H26N4O/c1-3-7-16(8-4-1)21-22(17-11-12-27-14-17)26(15-23-21)13-20-18-9-5-2-6-10-19(18)24-25-20/h1,3-4,7-8,15,17H,2,5-6,9-14H2,(H,24,25). The summed E-state index contributed by atoms with van der Waals surface area (Å²) >= 11 is 0. The average Bonchev–Trinajstić information content (AvgIpc) is 3.41. The first-order valence-corrected chi connectivity index (χ1v) is 10.1. The monoisotopic (exact) mass is 362 g/mol. The molecule has 3 aromatic rings. The fraction of sp³-hybridized carbons (Fsp3) is 0.455. The Morgan fingerprint density at radius 2 is 2.00 bits per heavy atom. The maximum atomic E-state index is 5.71. The molecule has 0 spiro atoms. The largest absolute Gasteiger partial charge is 0.381 e.